The van der Waals surface area contributed by atoms with E-state index in [0.717, 1.165) is 0 Å². The Morgan fingerprint density at radius 1 is 1.50 bits per heavy atom. The van der Waals surface area contributed by atoms with Gasteiger partial charge >= 0.3 is 6.09 Å². The first-order valence-electron chi connectivity index (χ1n) is 1.50. The van der Waals surface area contributed by atoms with Gasteiger partial charge in [0.25, 0.3) is 0 Å². The van der Waals surface area contributed by atoms with Gasteiger partial charge in [-0.25, -0.2) is 9.90 Å². The van der Waals surface area contributed by atoms with E-state index in [0.29, 0.717) is 0 Å². The van der Waals surface area contributed by atoms with Gasteiger partial charge in [0, 0.05) is 11.8 Å². The molecule has 6 heteroatoms. The molecule has 8 heavy (non-hydrogen) atoms. The van der Waals surface area contributed by atoms with Crippen LogP contribution >= 0.6 is 35.0 Å². The molecule has 0 fully saturated rings. The Morgan fingerprint density at radius 3 is 1.88 bits per heavy atom. The molecule has 0 heterocycles. The molecule has 0 rings (SSSR count). The Hall–Kier alpha value is 0.140. The molecule has 0 aliphatic rings. The maximum atomic E-state index is 9.65. The van der Waals surface area contributed by atoms with Gasteiger partial charge in [-0.3, -0.25) is 0 Å². The smallest absolute Gasteiger partial charge is 0.219 e. The number of amides is 1. The molecule has 0 aliphatic carbocycles. The number of rotatable bonds is 1. The highest BCUT2D eigenvalue weighted by Crippen LogP contribution is 2.11. The van der Waals surface area contributed by atoms with Crippen LogP contribution < -0.4 is 0 Å². The zero-order valence-corrected chi connectivity index (χ0v) is 5.74. The summed E-state index contributed by atoms with van der Waals surface area (Å²) in [6.45, 7) is 0. The molecular weight excluding hydrogens is 176 g/mol. The number of hydrogen-bond acceptors (Lipinski definition) is 1. The first kappa shape index (κ1) is 8.14. The van der Waals surface area contributed by atoms with E-state index in [1.807, 2.05) is 0 Å². The van der Waals surface area contributed by atoms with E-state index in [1.54, 1.807) is 0 Å². The summed E-state index contributed by atoms with van der Waals surface area (Å²) in [6.07, 6.45) is -1.62. The van der Waals surface area contributed by atoms with Gasteiger partial charge in [-0.05, 0) is 0 Å². The molecule has 1 amide bonds. The van der Waals surface area contributed by atoms with Crippen molar-refractivity contribution >= 4 is 41.1 Å². The zero-order chi connectivity index (χ0) is 6.73. The number of hydrogen-bond donors (Lipinski definition) is 0. The van der Waals surface area contributed by atoms with Crippen LogP contribution in [-0.2, 0) is 5.11 Å². The summed E-state index contributed by atoms with van der Waals surface area (Å²) in [7, 11) is 0. The molecule has 3 nitrogen and oxygen atoms in total. The van der Waals surface area contributed by atoms with Gasteiger partial charge in [-0.15, -0.1) is 0 Å². The summed E-state index contributed by atoms with van der Waals surface area (Å²) in [5.74, 6) is 0. The summed E-state index contributed by atoms with van der Waals surface area (Å²) >= 11 is 14.8. The quantitative estimate of drug-likeness (QED) is 0.342. The molecule has 0 spiro atoms. The molecule has 0 N–H and O–H groups in total. The van der Waals surface area contributed by atoms with Crippen molar-refractivity contribution in [3.63, 3.8) is 0 Å². The summed E-state index contributed by atoms with van der Waals surface area (Å²) in [4.78, 5) is 8.38. The Bertz CT molecular complexity index is 95.3. The van der Waals surface area contributed by atoms with Crippen molar-refractivity contribution in [2.75, 3.05) is 0 Å². The lowest BCUT2D eigenvalue weighted by Gasteiger charge is -2.05. The van der Waals surface area contributed by atoms with Crippen molar-refractivity contribution in [1.82, 2.24) is 4.42 Å². The van der Waals surface area contributed by atoms with Crippen molar-refractivity contribution in [1.29, 1.82) is 0 Å². The largest absolute Gasteiger partial charge is 0.469 e. The standard InChI is InChI=1S/C2HCl3NO2/c3-1(4)6(5)2(7)8/h1H. The molecule has 0 aliphatic heterocycles. The van der Waals surface area contributed by atoms with Crippen LogP contribution in [0.3, 0.4) is 0 Å². The molecule has 0 aromatic heterocycles. The fourth-order valence-corrected chi connectivity index (χ4v) is 0.239. The van der Waals surface area contributed by atoms with Gasteiger partial charge in [0.05, 0.1) is 0 Å². The minimum absolute atomic E-state index is 0.142. The van der Waals surface area contributed by atoms with Crippen LogP contribution in [-0.4, -0.2) is 15.5 Å². The summed E-state index contributed by atoms with van der Waals surface area (Å²) < 4.78 is 0.142. The fraction of sp³-hybridized carbons (Fsp3) is 0.500. The van der Waals surface area contributed by atoms with Crippen molar-refractivity contribution in [3.05, 3.63) is 0 Å². The highest BCUT2D eigenvalue weighted by atomic mass is 35.5. The lowest BCUT2D eigenvalue weighted by atomic mass is 11.1. The summed E-state index contributed by atoms with van der Waals surface area (Å²) in [6, 6.07) is 0. The molecule has 0 saturated carbocycles. The van der Waals surface area contributed by atoms with Crippen LogP contribution in [0.5, 0.6) is 0 Å². The van der Waals surface area contributed by atoms with Gasteiger partial charge in [0.1, 0.15) is 0 Å². The maximum Gasteiger partial charge on any atom is 0.469 e. The van der Waals surface area contributed by atoms with E-state index < -0.39 is 11.1 Å². The van der Waals surface area contributed by atoms with E-state index in [9.17, 15) is 9.90 Å². The number of halogens is 3. The molecule has 1 radical (unpaired) electrons. The van der Waals surface area contributed by atoms with Gasteiger partial charge in [0.2, 0.25) is 0 Å². The van der Waals surface area contributed by atoms with Gasteiger partial charge < -0.3 is 0 Å². The van der Waals surface area contributed by atoms with Crippen LogP contribution in [0.1, 0.15) is 0 Å². The van der Waals surface area contributed by atoms with E-state index in [2.05, 4.69) is 0 Å². The molecule has 0 aromatic rings. The number of nitrogens with zero attached hydrogens (tertiary/aromatic N) is 1. The number of alkyl halides is 2. The Labute approximate surface area is 60.8 Å². The predicted molar refractivity (Wildman–Crippen MR) is 29.3 cm³/mol. The SMILES string of the molecule is [O]C(=O)N(Cl)C(Cl)Cl. The van der Waals surface area contributed by atoms with Crippen molar-refractivity contribution in [2.45, 2.75) is 4.96 Å². The maximum absolute atomic E-state index is 9.65. The fourth-order valence-electron chi connectivity index (χ4n) is 0.0797. The molecule has 0 saturated heterocycles. The number of carbonyl (C=O) groups excluding carboxylic acids is 1. The van der Waals surface area contributed by atoms with Gasteiger partial charge in [-0.1, -0.05) is 23.2 Å². The minimum Gasteiger partial charge on any atom is -0.219 e. The number of carbonyl (C=O) groups is 1. The second-order valence-electron chi connectivity index (χ2n) is 0.855. The minimum atomic E-state index is -1.62. The molecule has 0 atom stereocenters. The third kappa shape index (κ3) is 2.45. The van der Waals surface area contributed by atoms with E-state index >= 15 is 0 Å². The van der Waals surface area contributed by atoms with Crippen molar-refractivity contribution in [2.24, 2.45) is 0 Å². The molecule has 0 bridgehead atoms. The average Bonchev–Trinajstić information content (AvgIpc) is 1.64. The zero-order valence-electron chi connectivity index (χ0n) is 3.47. The third-order valence-corrected chi connectivity index (χ3v) is 1.27. The third-order valence-electron chi connectivity index (χ3n) is 0.346. The van der Waals surface area contributed by atoms with Crippen LogP contribution in [0.25, 0.3) is 0 Å². The van der Waals surface area contributed by atoms with Crippen LogP contribution in [0, 0.1) is 0 Å². The monoisotopic (exact) mass is 176 g/mol. The first-order valence-corrected chi connectivity index (χ1v) is 2.71. The van der Waals surface area contributed by atoms with E-state index in [1.165, 1.54) is 0 Å². The van der Waals surface area contributed by atoms with Crippen molar-refractivity contribution < 1.29 is 9.90 Å². The lowest BCUT2D eigenvalue weighted by Crippen LogP contribution is -2.21. The molecular formula is C2HCl3NO2. The predicted octanol–water partition coefficient (Wildman–Crippen LogP) is 1.75. The van der Waals surface area contributed by atoms with E-state index in [-0.39, 0.29) is 4.42 Å². The Morgan fingerprint density at radius 2 is 1.88 bits per heavy atom. The molecule has 47 valence electrons. The Kier molecular flexibility index (Phi) is 3.28. The molecule has 0 unspecified atom stereocenters. The summed E-state index contributed by atoms with van der Waals surface area (Å²) in [5.41, 5.74) is 0. The highest BCUT2D eigenvalue weighted by Gasteiger charge is 2.16. The van der Waals surface area contributed by atoms with Crippen molar-refractivity contribution in [3.8, 4) is 0 Å². The van der Waals surface area contributed by atoms with Crippen LogP contribution in [0.4, 0.5) is 4.79 Å². The van der Waals surface area contributed by atoms with Gasteiger partial charge in [0.15, 0.2) is 4.96 Å². The lowest BCUT2D eigenvalue weighted by molar-refractivity contribution is 0.149. The second kappa shape index (κ2) is 3.22. The second-order valence-corrected chi connectivity index (χ2v) is 2.27. The Balaban J connectivity index is 3.64. The summed E-state index contributed by atoms with van der Waals surface area (Å²) in [5, 5.41) is 9.65. The van der Waals surface area contributed by atoms with Gasteiger partial charge in [-0.2, -0.15) is 4.42 Å². The topological polar surface area (TPSA) is 40.2 Å². The molecule has 0 aromatic carbocycles. The van der Waals surface area contributed by atoms with E-state index in [4.69, 9.17) is 35.0 Å². The highest BCUT2D eigenvalue weighted by molar-refractivity contribution is 6.47. The van der Waals surface area contributed by atoms with Crippen LogP contribution in [0.15, 0.2) is 0 Å². The van der Waals surface area contributed by atoms with Crippen LogP contribution in [0.2, 0.25) is 0 Å². The first-order chi connectivity index (χ1) is 3.55. The normalized spacial score (nSPS) is 9.50. The average molecular weight is 177 g/mol.